The van der Waals surface area contributed by atoms with Crippen molar-refractivity contribution in [2.45, 2.75) is 52.2 Å². The van der Waals surface area contributed by atoms with E-state index in [1.165, 1.54) is 10.7 Å². The van der Waals surface area contributed by atoms with Gasteiger partial charge in [-0.05, 0) is 46.5 Å². The minimum Gasteiger partial charge on any atom is -0.487 e. The highest BCUT2D eigenvalue weighted by Crippen LogP contribution is 2.33. The maximum absolute atomic E-state index is 12.1. The van der Waals surface area contributed by atoms with Gasteiger partial charge >= 0.3 is 12.1 Å². The van der Waals surface area contributed by atoms with E-state index in [0.29, 0.717) is 11.7 Å². The molecule has 10 heteroatoms. The molecule has 0 saturated heterocycles. The van der Waals surface area contributed by atoms with Gasteiger partial charge in [0.1, 0.15) is 17.8 Å². The largest absolute Gasteiger partial charge is 0.487 e. The van der Waals surface area contributed by atoms with Gasteiger partial charge in [0.15, 0.2) is 16.5 Å². The van der Waals surface area contributed by atoms with Crippen LogP contribution in [-0.4, -0.2) is 51.5 Å². The van der Waals surface area contributed by atoms with E-state index in [0.717, 1.165) is 12.8 Å². The Bertz CT molecular complexity index is 904. The number of hydrogen-bond donors (Lipinski definition) is 1. The molecule has 2 heterocycles. The number of carbonyl (C=O) groups is 2. The predicted octanol–water partition coefficient (Wildman–Crippen LogP) is 3.24. The first-order valence-electron chi connectivity index (χ1n) is 9.51. The molecule has 2 aromatic heterocycles. The molecule has 0 aliphatic heterocycles. The molecule has 1 saturated carbocycles. The summed E-state index contributed by atoms with van der Waals surface area (Å²) in [6.07, 6.45) is 4.46. The molecule has 158 valence electrons. The first-order chi connectivity index (χ1) is 13.7. The summed E-state index contributed by atoms with van der Waals surface area (Å²) < 4.78 is 17.5. The molecule has 1 N–H and O–H groups in total. The summed E-state index contributed by atoms with van der Waals surface area (Å²) in [4.78, 5) is 28.3. The number of nitrogens with one attached hydrogen (secondary N) is 1. The second kappa shape index (κ2) is 8.44. The Morgan fingerprint density at radius 1 is 1.38 bits per heavy atom. The van der Waals surface area contributed by atoms with Crippen LogP contribution in [0.5, 0.6) is 5.75 Å². The number of hydrogen-bond acceptors (Lipinski definition) is 7. The van der Waals surface area contributed by atoms with Crippen LogP contribution < -0.4 is 10.1 Å². The number of esters is 1. The van der Waals surface area contributed by atoms with Crippen LogP contribution in [0.2, 0.25) is 5.15 Å². The van der Waals surface area contributed by atoms with Crippen molar-refractivity contribution in [3.05, 3.63) is 23.1 Å². The molecule has 1 aliphatic rings. The van der Waals surface area contributed by atoms with Gasteiger partial charge in [0.25, 0.3) is 0 Å². The Morgan fingerprint density at radius 2 is 2.10 bits per heavy atom. The zero-order chi connectivity index (χ0) is 21.2. The number of rotatable bonds is 7. The summed E-state index contributed by atoms with van der Waals surface area (Å²) in [7, 11) is 0. The van der Waals surface area contributed by atoms with Gasteiger partial charge in [-0.15, -0.1) is 0 Å². The normalized spacial score (nSPS) is 15.1. The summed E-state index contributed by atoms with van der Waals surface area (Å²) >= 11 is 6.24. The van der Waals surface area contributed by atoms with Crippen LogP contribution >= 0.6 is 11.6 Å². The number of fused-ring (bicyclic) bond motifs is 1. The van der Waals surface area contributed by atoms with E-state index in [2.05, 4.69) is 15.4 Å². The lowest BCUT2D eigenvalue weighted by molar-refractivity contribution is 0.0477. The molecule has 1 fully saturated rings. The van der Waals surface area contributed by atoms with Crippen LogP contribution in [0.3, 0.4) is 0 Å². The van der Waals surface area contributed by atoms with Crippen LogP contribution in [0.4, 0.5) is 4.79 Å². The number of aromatic nitrogens is 3. The Morgan fingerprint density at radius 3 is 2.72 bits per heavy atom. The Labute approximate surface area is 173 Å². The standard InChI is InChI=1S/C19H25ClN4O5/c1-5-27-17(25)12-8-21-24-9-14(15(20)23-16(12)24)28-10-13(11-6-7-11)22-18(26)29-19(2,3)4/h8-9,11,13H,5-7,10H2,1-4H3,(H,22,26)/t13-/m0/s1. The number of carbonyl (C=O) groups excluding carboxylic acids is 2. The maximum atomic E-state index is 12.1. The van der Waals surface area contributed by atoms with E-state index < -0.39 is 17.7 Å². The average molecular weight is 425 g/mol. The average Bonchev–Trinajstić information content (AvgIpc) is 3.37. The van der Waals surface area contributed by atoms with Crippen molar-refractivity contribution >= 4 is 29.3 Å². The number of alkyl carbamates (subject to hydrolysis) is 1. The third-order valence-electron chi connectivity index (χ3n) is 4.22. The highest BCUT2D eigenvalue weighted by atomic mass is 35.5. The molecule has 1 aliphatic carbocycles. The van der Waals surface area contributed by atoms with Gasteiger partial charge in [-0.2, -0.15) is 5.10 Å². The molecule has 0 radical (unpaired) electrons. The molecule has 1 amide bonds. The highest BCUT2D eigenvalue weighted by molar-refractivity contribution is 6.31. The van der Waals surface area contributed by atoms with Gasteiger partial charge in [-0.25, -0.2) is 19.1 Å². The molecule has 29 heavy (non-hydrogen) atoms. The van der Waals surface area contributed by atoms with E-state index >= 15 is 0 Å². The lowest BCUT2D eigenvalue weighted by Gasteiger charge is -2.23. The van der Waals surface area contributed by atoms with Crippen LogP contribution in [-0.2, 0) is 9.47 Å². The highest BCUT2D eigenvalue weighted by Gasteiger charge is 2.34. The van der Waals surface area contributed by atoms with E-state index in [1.54, 1.807) is 13.1 Å². The molecule has 0 unspecified atom stereocenters. The van der Waals surface area contributed by atoms with Gasteiger partial charge < -0.3 is 19.5 Å². The zero-order valence-electron chi connectivity index (χ0n) is 16.9. The Hall–Kier alpha value is -2.55. The second-order valence-corrected chi connectivity index (χ2v) is 8.20. The number of nitrogens with zero attached hydrogens (tertiary/aromatic N) is 3. The van der Waals surface area contributed by atoms with Crippen LogP contribution in [0.15, 0.2) is 12.4 Å². The van der Waals surface area contributed by atoms with Crippen LogP contribution in [0.1, 0.15) is 50.9 Å². The third-order valence-corrected chi connectivity index (χ3v) is 4.49. The summed E-state index contributed by atoms with van der Waals surface area (Å²) in [5.41, 5.74) is -0.0669. The lowest BCUT2D eigenvalue weighted by atomic mass is 10.2. The first-order valence-corrected chi connectivity index (χ1v) is 9.89. The maximum Gasteiger partial charge on any atom is 0.408 e. The van der Waals surface area contributed by atoms with Gasteiger partial charge in [0.05, 0.1) is 25.0 Å². The summed E-state index contributed by atoms with van der Waals surface area (Å²) in [5.74, 6) is 0.113. The molecule has 2 aromatic rings. The molecular weight excluding hydrogens is 400 g/mol. The smallest absolute Gasteiger partial charge is 0.408 e. The molecule has 0 bridgehead atoms. The Balaban J connectivity index is 1.69. The van der Waals surface area contributed by atoms with Crippen molar-refractivity contribution in [2.75, 3.05) is 13.2 Å². The minimum atomic E-state index is -0.575. The molecular formula is C19H25ClN4O5. The van der Waals surface area contributed by atoms with Crippen molar-refractivity contribution in [3.8, 4) is 5.75 Å². The topological polar surface area (TPSA) is 104 Å². The van der Waals surface area contributed by atoms with E-state index in [-0.39, 0.29) is 35.6 Å². The van der Waals surface area contributed by atoms with Gasteiger partial charge in [0, 0.05) is 0 Å². The van der Waals surface area contributed by atoms with Crippen LogP contribution in [0, 0.1) is 5.92 Å². The number of amides is 1. The van der Waals surface area contributed by atoms with Gasteiger partial charge in [-0.3, -0.25) is 0 Å². The third kappa shape index (κ3) is 5.50. The van der Waals surface area contributed by atoms with Crippen molar-refractivity contribution in [2.24, 2.45) is 5.92 Å². The quantitative estimate of drug-likeness (QED) is 0.537. The van der Waals surface area contributed by atoms with E-state index in [4.69, 9.17) is 25.8 Å². The fourth-order valence-corrected chi connectivity index (χ4v) is 2.94. The number of ether oxygens (including phenoxy) is 3. The van der Waals surface area contributed by atoms with E-state index in [9.17, 15) is 9.59 Å². The number of halogens is 1. The Kier molecular flexibility index (Phi) is 6.16. The second-order valence-electron chi connectivity index (χ2n) is 7.84. The first kappa shape index (κ1) is 21.2. The SMILES string of the molecule is CCOC(=O)c1cnn2cc(OC[C@H](NC(=O)OC(C)(C)C)C3CC3)c(Cl)nc12. The summed E-state index contributed by atoms with van der Waals surface area (Å²) in [6.45, 7) is 7.61. The van der Waals surface area contributed by atoms with Crippen molar-refractivity contribution in [1.29, 1.82) is 0 Å². The minimum absolute atomic E-state index is 0.0929. The van der Waals surface area contributed by atoms with E-state index in [1.807, 2.05) is 20.8 Å². The fraction of sp³-hybridized carbons (Fsp3) is 0.579. The zero-order valence-corrected chi connectivity index (χ0v) is 17.7. The monoisotopic (exact) mass is 424 g/mol. The molecule has 0 spiro atoms. The van der Waals surface area contributed by atoms with Crippen molar-refractivity contribution in [3.63, 3.8) is 0 Å². The van der Waals surface area contributed by atoms with Crippen molar-refractivity contribution in [1.82, 2.24) is 19.9 Å². The van der Waals surface area contributed by atoms with Gasteiger partial charge in [-0.1, -0.05) is 11.6 Å². The van der Waals surface area contributed by atoms with Gasteiger partial charge in [0.2, 0.25) is 0 Å². The molecule has 1 atom stereocenters. The fourth-order valence-electron chi connectivity index (χ4n) is 2.76. The van der Waals surface area contributed by atoms with Crippen LogP contribution in [0.25, 0.3) is 5.65 Å². The predicted molar refractivity (Wildman–Crippen MR) is 105 cm³/mol. The lowest BCUT2D eigenvalue weighted by Crippen LogP contribution is -2.43. The van der Waals surface area contributed by atoms with Crippen molar-refractivity contribution < 1.29 is 23.8 Å². The summed E-state index contributed by atoms with van der Waals surface area (Å²) in [6, 6.07) is -0.204. The molecule has 9 nitrogen and oxygen atoms in total. The molecule has 3 rings (SSSR count). The summed E-state index contributed by atoms with van der Waals surface area (Å²) in [5, 5.41) is 7.07. The molecule has 0 aromatic carbocycles.